The molecule has 0 unspecified atom stereocenters. The highest BCUT2D eigenvalue weighted by Gasteiger charge is 2.31. The van der Waals surface area contributed by atoms with Gasteiger partial charge in [0.2, 0.25) is 11.8 Å². The van der Waals surface area contributed by atoms with Gasteiger partial charge in [0.1, 0.15) is 30.5 Å². The van der Waals surface area contributed by atoms with Gasteiger partial charge in [-0.15, -0.1) is 5.10 Å². The number of carbonyl (C=O) groups excluding carboxylic acids is 4. The van der Waals surface area contributed by atoms with Gasteiger partial charge in [0.15, 0.2) is 11.5 Å². The van der Waals surface area contributed by atoms with Crippen molar-refractivity contribution in [2.45, 2.75) is 96.7 Å². The van der Waals surface area contributed by atoms with Crippen molar-refractivity contribution in [1.82, 2.24) is 35.8 Å². The zero-order chi connectivity index (χ0) is 34.6. The summed E-state index contributed by atoms with van der Waals surface area (Å²) in [5.41, 5.74) is 0.800. The number of rotatable bonds is 5. The Bertz CT molecular complexity index is 1390. The Labute approximate surface area is 281 Å². The molecule has 2 aromatic rings. The summed E-state index contributed by atoms with van der Waals surface area (Å²) < 4.78 is 18.8. The number of nitrogens with one attached hydrogen (secondary N) is 3. The molecule has 3 heterocycles. The van der Waals surface area contributed by atoms with Crippen LogP contribution in [0.3, 0.4) is 0 Å². The molecule has 4 N–H and O–H groups in total. The second-order valence-corrected chi connectivity index (χ2v) is 12.7. The molecule has 2 aliphatic rings. The summed E-state index contributed by atoms with van der Waals surface area (Å²) in [7, 11) is 1.49. The van der Waals surface area contributed by atoms with Crippen molar-refractivity contribution in [2.24, 2.45) is 5.92 Å². The minimum Gasteiger partial charge on any atom is -0.493 e. The zero-order valence-corrected chi connectivity index (χ0v) is 28.3. The molecule has 1 saturated heterocycles. The highest BCUT2D eigenvalue weighted by molar-refractivity contribution is 5.99. The van der Waals surface area contributed by atoms with Crippen LogP contribution in [0, 0.1) is 5.92 Å². The van der Waals surface area contributed by atoms with E-state index in [0.29, 0.717) is 75.5 Å². The number of fused-ring (bicyclic) bond motifs is 4. The van der Waals surface area contributed by atoms with Gasteiger partial charge < -0.3 is 40.2 Å². The quantitative estimate of drug-likeness (QED) is 0.360. The van der Waals surface area contributed by atoms with Crippen molar-refractivity contribution >= 4 is 23.6 Å². The molecule has 15 heteroatoms. The number of aromatic nitrogens is 3. The SMILES string of the molecule is COc1ccc2cc1OCc1cn(nn1)CCCN(C(=O)[C@H]1CCCO1)CCCCNC(=O)[C@H]([C@@H](C)O)NC(=O)[C@@H](CC(C)C)NC2=O. The lowest BCUT2D eigenvalue weighted by Crippen LogP contribution is -2.57. The molecule has 48 heavy (non-hydrogen) atoms. The largest absolute Gasteiger partial charge is 0.493 e. The van der Waals surface area contributed by atoms with E-state index in [2.05, 4.69) is 26.3 Å². The smallest absolute Gasteiger partial charge is 0.252 e. The fourth-order valence-electron chi connectivity index (χ4n) is 5.68. The summed E-state index contributed by atoms with van der Waals surface area (Å²) in [6, 6.07) is 2.47. The minimum absolute atomic E-state index is 0.0292. The lowest BCUT2D eigenvalue weighted by atomic mass is 10.0. The molecule has 2 aliphatic heterocycles. The van der Waals surface area contributed by atoms with Crippen LogP contribution in [0.15, 0.2) is 24.4 Å². The number of amides is 4. The van der Waals surface area contributed by atoms with Crippen LogP contribution in [0.4, 0.5) is 0 Å². The molecular weight excluding hydrogens is 622 g/mol. The van der Waals surface area contributed by atoms with Crippen molar-refractivity contribution in [2.75, 3.05) is 33.4 Å². The Morgan fingerprint density at radius 2 is 1.85 bits per heavy atom. The van der Waals surface area contributed by atoms with Gasteiger partial charge >= 0.3 is 0 Å². The molecule has 0 aliphatic carbocycles. The first kappa shape index (κ1) is 36.6. The van der Waals surface area contributed by atoms with Crippen LogP contribution in [0.1, 0.15) is 75.3 Å². The lowest BCUT2D eigenvalue weighted by Gasteiger charge is -2.26. The van der Waals surface area contributed by atoms with Gasteiger partial charge in [-0.05, 0) is 69.6 Å². The first-order chi connectivity index (χ1) is 23.0. The number of aliphatic hydroxyl groups is 1. The molecule has 4 bridgehead atoms. The number of carbonyl (C=O) groups is 4. The number of aryl methyl sites for hydroxylation is 1. The van der Waals surface area contributed by atoms with Crippen LogP contribution < -0.4 is 25.4 Å². The Balaban J connectivity index is 1.56. The van der Waals surface area contributed by atoms with Gasteiger partial charge in [-0.25, -0.2) is 0 Å². The molecule has 4 atom stereocenters. The van der Waals surface area contributed by atoms with Crippen molar-refractivity contribution in [3.05, 3.63) is 35.7 Å². The summed E-state index contributed by atoms with van der Waals surface area (Å²) in [6.07, 6.45) is 3.81. The highest BCUT2D eigenvalue weighted by Crippen LogP contribution is 2.29. The highest BCUT2D eigenvalue weighted by atomic mass is 16.5. The topological polar surface area (TPSA) is 186 Å². The normalized spacial score (nSPS) is 22.9. The average molecular weight is 672 g/mol. The van der Waals surface area contributed by atoms with E-state index in [1.54, 1.807) is 27.9 Å². The average Bonchev–Trinajstić information content (AvgIpc) is 3.76. The van der Waals surface area contributed by atoms with E-state index in [-0.39, 0.29) is 30.5 Å². The number of nitrogens with zero attached hydrogens (tertiary/aromatic N) is 4. The van der Waals surface area contributed by atoms with Crippen LogP contribution in [-0.2, 0) is 32.3 Å². The Morgan fingerprint density at radius 3 is 2.56 bits per heavy atom. The van der Waals surface area contributed by atoms with Crippen molar-refractivity contribution < 1.29 is 38.5 Å². The maximum absolute atomic E-state index is 13.4. The third kappa shape index (κ3) is 10.4. The molecule has 1 aromatic carbocycles. The van der Waals surface area contributed by atoms with Crippen LogP contribution in [0.2, 0.25) is 0 Å². The second kappa shape index (κ2) is 17.8. The zero-order valence-electron chi connectivity index (χ0n) is 28.3. The molecular formula is C33H49N7O8. The van der Waals surface area contributed by atoms with E-state index in [1.807, 2.05) is 13.8 Å². The number of hydrogen-bond acceptors (Lipinski definition) is 10. The lowest BCUT2D eigenvalue weighted by molar-refractivity contribution is -0.141. The Hall–Kier alpha value is -4.24. The molecule has 4 amide bonds. The fourth-order valence-corrected chi connectivity index (χ4v) is 5.68. The summed E-state index contributed by atoms with van der Waals surface area (Å²) in [5.74, 6) is -0.966. The summed E-state index contributed by atoms with van der Waals surface area (Å²) in [6.45, 7) is 7.67. The summed E-state index contributed by atoms with van der Waals surface area (Å²) in [4.78, 5) is 54.9. The number of hydrogen-bond donors (Lipinski definition) is 4. The Kier molecular flexibility index (Phi) is 13.6. The molecule has 1 fully saturated rings. The molecule has 264 valence electrons. The monoisotopic (exact) mass is 671 g/mol. The molecule has 0 saturated carbocycles. The minimum atomic E-state index is -1.23. The number of ether oxygens (including phenoxy) is 3. The first-order valence-electron chi connectivity index (χ1n) is 16.7. The summed E-state index contributed by atoms with van der Waals surface area (Å²) in [5, 5.41) is 27.0. The van der Waals surface area contributed by atoms with E-state index >= 15 is 0 Å². The van der Waals surface area contributed by atoms with E-state index in [9.17, 15) is 24.3 Å². The second-order valence-electron chi connectivity index (χ2n) is 12.7. The van der Waals surface area contributed by atoms with Gasteiger partial charge in [-0.3, -0.25) is 23.9 Å². The summed E-state index contributed by atoms with van der Waals surface area (Å²) >= 11 is 0. The maximum atomic E-state index is 13.4. The fraction of sp³-hybridized carbons (Fsp3) is 0.636. The van der Waals surface area contributed by atoms with E-state index in [1.165, 1.54) is 20.1 Å². The molecule has 0 spiro atoms. The molecule has 1 aromatic heterocycles. The first-order valence-corrected chi connectivity index (χ1v) is 16.7. The van der Waals surface area contributed by atoms with Crippen LogP contribution in [0.25, 0.3) is 0 Å². The molecule has 0 radical (unpaired) electrons. The number of methoxy groups -OCH3 is 1. The van der Waals surface area contributed by atoms with Gasteiger partial charge in [0, 0.05) is 38.3 Å². The van der Waals surface area contributed by atoms with E-state index < -0.39 is 42.0 Å². The van der Waals surface area contributed by atoms with Crippen molar-refractivity contribution in [3.63, 3.8) is 0 Å². The maximum Gasteiger partial charge on any atom is 0.252 e. The van der Waals surface area contributed by atoms with Crippen molar-refractivity contribution in [1.29, 1.82) is 0 Å². The van der Waals surface area contributed by atoms with Gasteiger partial charge in [-0.2, -0.15) is 0 Å². The third-order valence-corrected chi connectivity index (χ3v) is 8.27. The third-order valence-electron chi connectivity index (χ3n) is 8.27. The van der Waals surface area contributed by atoms with Gasteiger partial charge in [0.25, 0.3) is 11.8 Å². The van der Waals surface area contributed by atoms with Crippen molar-refractivity contribution in [3.8, 4) is 11.5 Å². The van der Waals surface area contributed by atoms with Crippen LogP contribution >= 0.6 is 0 Å². The van der Waals surface area contributed by atoms with Gasteiger partial charge in [-0.1, -0.05) is 19.1 Å². The standard InChI is InChI=1S/C33H49N7O8/c1-21(2)17-25-31(43)36-29(22(3)41)32(44)34-12-5-6-13-39(33(45)27-9-7-16-47-27)14-8-15-40-19-24(37-38-40)20-48-28-18-23(30(42)35-25)10-11-26(28)46-4/h10-11,18-19,21-22,25,27,29,41H,5-9,12-17,20H2,1-4H3,(H,34,44)(H,35,42)(H,36,43)/t22-,25-,27-,29+/m1/s1. The van der Waals surface area contributed by atoms with E-state index in [0.717, 1.165) is 6.42 Å². The van der Waals surface area contributed by atoms with Crippen LogP contribution in [0.5, 0.6) is 11.5 Å². The van der Waals surface area contributed by atoms with E-state index in [4.69, 9.17) is 14.2 Å². The molecule has 4 rings (SSSR count). The molecule has 15 nitrogen and oxygen atoms in total. The van der Waals surface area contributed by atoms with Gasteiger partial charge in [0.05, 0.1) is 19.4 Å². The number of aliphatic hydroxyl groups excluding tert-OH is 1. The predicted molar refractivity (Wildman–Crippen MR) is 174 cm³/mol. The Morgan fingerprint density at radius 1 is 1.06 bits per heavy atom. The van der Waals surface area contributed by atoms with Crippen LogP contribution in [-0.4, -0.2) is 106 Å². The number of benzene rings is 1. The predicted octanol–water partition coefficient (Wildman–Crippen LogP) is 1.18.